The number of nitrogens with two attached hydrogens (primary N) is 1. The lowest BCUT2D eigenvalue weighted by Crippen LogP contribution is -2.53. The molecule has 1 saturated heterocycles. The molecule has 2 heterocycles. The fourth-order valence-corrected chi connectivity index (χ4v) is 2.47. The highest BCUT2D eigenvalue weighted by Crippen LogP contribution is 2.25. The number of aliphatic hydroxyl groups is 1. The molecule has 20 heavy (non-hydrogen) atoms. The Hall–Kier alpha value is -1.76. The number of aliphatic hydroxyl groups excluding tert-OH is 1. The maximum atomic E-state index is 12.2. The summed E-state index contributed by atoms with van der Waals surface area (Å²) >= 11 is 0. The van der Waals surface area contributed by atoms with E-state index < -0.39 is 0 Å². The average Bonchev–Trinajstić information content (AvgIpc) is 2.34. The van der Waals surface area contributed by atoms with E-state index >= 15 is 0 Å². The largest absolute Gasteiger partial charge is 0.396 e. The summed E-state index contributed by atoms with van der Waals surface area (Å²) in [5, 5.41) is 9.07. The highest BCUT2D eigenvalue weighted by Gasteiger charge is 2.31. The van der Waals surface area contributed by atoms with Crippen molar-refractivity contribution in [3.8, 4) is 0 Å². The minimum atomic E-state index is -0.385. The molecule has 0 radical (unpaired) electrons. The summed E-state index contributed by atoms with van der Waals surface area (Å²) in [6.45, 7) is 5.74. The van der Waals surface area contributed by atoms with E-state index in [4.69, 9.17) is 10.8 Å². The molecule has 1 aromatic heterocycles. The SMILES string of the molecule is CC(C)Cn1c(N)c(N2CC(CO)C2)c(=O)n(C)c1=O. The van der Waals surface area contributed by atoms with Crippen LogP contribution in [-0.4, -0.2) is 33.9 Å². The van der Waals surface area contributed by atoms with Crippen molar-refractivity contribution in [1.82, 2.24) is 9.13 Å². The van der Waals surface area contributed by atoms with E-state index in [-0.39, 0.29) is 35.5 Å². The summed E-state index contributed by atoms with van der Waals surface area (Å²) in [4.78, 5) is 26.2. The van der Waals surface area contributed by atoms with Gasteiger partial charge in [-0.3, -0.25) is 13.9 Å². The monoisotopic (exact) mass is 282 g/mol. The summed E-state index contributed by atoms with van der Waals surface area (Å²) in [6, 6.07) is 0. The lowest BCUT2D eigenvalue weighted by Gasteiger charge is -2.40. The van der Waals surface area contributed by atoms with Crippen LogP contribution in [0.25, 0.3) is 0 Å². The molecular formula is C13H22N4O3. The Bertz CT molecular complexity index is 611. The lowest BCUT2D eigenvalue weighted by atomic mass is 10.0. The number of rotatable bonds is 4. The highest BCUT2D eigenvalue weighted by molar-refractivity contribution is 5.64. The first-order chi connectivity index (χ1) is 9.36. The molecule has 1 aliphatic heterocycles. The molecule has 0 amide bonds. The van der Waals surface area contributed by atoms with Crippen LogP contribution in [-0.2, 0) is 13.6 Å². The van der Waals surface area contributed by atoms with Crippen molar-refractivity contribution in [1.29, 1.82) is 0 Å². The zero-order valence-electron chi connectivity index (χ0n) is 12.2. The fourth-order valence-electron chi connectivity index (χ4n) is 2.47. The lowest BCUT2D eigenvalue weighted by molar-refractivity contribution is 0.200. The molecule has 1 fully saturated rings. The minimum Gasteiger partial charge on any atom is -0.396 e. The summed E-state index contributed by atoms with van der Waals surface area (Å²) in [7, 11) is 1.47. The first-order valence-corrected chi connectivity index (χ1v) is 6.81. The standard InChI is InChI=1S/C13H22N4O3/c1-8(2)4-17-11(14)10(12(19)15(3)13(17)20)16-5-9(6-16)7-18/h8-9,18H,4-7,14H2,1-3H3. The molecule has 1 aliphatic rings. The smallest absolute Gasteiger partial charge is 0.332 e. The number of hydrogen-bond donors (Lipinski definition) is 2. The molecule has 0 aromatic carbocycles. The van der Waals surface area contributed by atoms with E-state index in [1.165, 1.54) is 11.6 Å². The van der Waals surface area contributed by atoms with Gasteiger partial charge in [0.2, 0.25) is 0 Å². The van der Waals surface area contributed by atoms with Crippen LogP contribution in [0.5, 0.6) is 0 Å². The fraction of sp³-hybridized carbons (Fsp3) is 0.692. The molecule has 0 unspecified atom stereocenters. The van der Waals surface area contributed by atoms with Crippen LogP contribution in [0.4, 0.5) is 11.5 Å². The van der Waals surface area contributed by atoms with Crippen LogP contribution in [0.2, 0.25) is 0 Å². The average molecular weight is 282 g/mol. The van der Waals surface area contributed by atoms with Gasteiger partial charge in [-0.1, -0.05) is 13.8 Å². The van der Waals surface area contributed by atoms with Crippen molar-refractivity contribution in [2.24, 2.45) is 18.9 Å². The number of nitrogens with zero attached hydrogens (tertiary/aromatic N) is 3. The van der Waals surface area contributed by atoms with Gasteiger partial charge in [0.15, 0.2) is 0 Å². The van der Waals surface area contributed by atoms with Crippen molar-refractivity contribution in [3.63, 3.8) is 0 Å². The van der Waals surface area contributed by atoms with Gasteiger partial charge in [-0.25, -0.2) is 4.79 Å². The number of anilines is 2. The zero-order chi connectivity index (χ0) is 15.0. The van der Waals surface area contributed by atoms with E-state index in [2.05, 4.69) is 0 Å². The molecular weight excluding hydrogens is 260 g/mol. The van der Waals surface area contributed by atoms with Crippen LogP contribution in [0.1, 0.15) is 13.8 Å². The molecule has 0 bridgehead atoms. The molecule has 112 valence electrons. The predicted molar refractivity (Wildman–Crippen MR) is 78.0 cm³/mol. The first kappa shape index (κ1) is 14.6. The third-order valence-corrected chi connectivity index (χ3v) is 3.64. The summed E-state index contributed by atoms with van der Waals surface area (Å²) in [5.74, 6) is 0.648. The molecule has 0 aliphatic carbocycles. The normalized spacial score (nSPS) is 15.8. The second-order valence-corrected chi connectivity index (χ2v) is 5.84. The summed E-state index contributed by atoms with van der Waals surface area (Å²) < 4.78 is 2.55. The molecule has 3 N–H and O–H groups in total. The first-order valence-electron chi connectivity index (χ1n) is 6.81. The van der Waals surface area contributed by atoms with E-state index in [1.54, 1.807) is 0 Å². The van der Waals surface area contributed by atoms with Crippen molar-refractivity contribution in [2.45, 2.75) is 20.4 Å². The Morgan fingerprint density at radius 2 is 1.95 bits per heavy atom. The van der Waals surface area contributed by atoms with Gasteiger partial charge in [-0.2, -0.15) is 0 Å². The van der Waals surface area contributed by atoms with Gasteiger partial charge in [-0.15, -0.1) is 0 Å². The minimum absolute atomic E-state index is 0.0996. The summed E-state index contributed by atoms with van der Waals surface area (Å²) in [6.07, 6.45) is 0. The van der Waals surface area contributed by atoms with Gasteiger partial charge in [0, 0.05) is 39.2 Å². The van der Waals surface area contributed by atoms with Crippen molar-refractivity contribution >= 4 is 11.5 Å². The second-order valence-electron chi connectivity index (χ2n) is 5.84. The third-order valence-electron chi connectivity index (χ3n) is 3.64. The molecule has 0 spiro atoms. The van der Waals surface area contributed by atoms with Crippen LogP contribution >= 0.6 is 0 Å². The number of hydrogen-bond acceptors (Lipinski definition) is 5. The highest BCUT2D eigenvalue weighted by atomic mass is 16.3. The van der Waals surface area contributed by atoms with Crippen LogP contribution in [0, 0.1) is 11.8 Å². The van der Waals surface area contributed by atoms with E-state index in [0.717, 1.165) is 4.57 Å². The van der Waals surface area contributed by atoms with Gasteiger partial charge >= 0.3 is 5.69 Å². The Labute approximate surface area is 117 Å². The van der Waals surface area contributed by atoms with Gasteiger partial charge < -0.3 is 15.7 Å². The quantitative estimate of drug-likeness (QED) is 0.755. The Morgan fingerprint density at radius 1 is 1.35 bits per heavy atom. The molecule has 0 saturated carbocycles. The van der Waals surface area contributed by atoms with Gasteiger partial charge in [0.05, 0.1) is 0 Å². The summed E-state index contributed by atoms with van der Waals surface area (Å²) in [5.41, 5.74) is 5.66. The second kappa shape index (κ2) is 5.32. The predicted octanol–water partition coefficient (Wildman–Crippen LogP) is -0.786. The topological polar surface area (TPSA) is 93.5 Å². The Balaban J connectivity index is 2.49. The molecule has 7 heteroatoms. The molecule has 1 aromatic rings. The molecule has 7 nitrogen and oxygen atoms in total. The number of nitrogen functional groups attached to an aromatic ring is 1. The Morgan fingerprint density at radius 3 is 2.45 bits per heavy atom. The van der Waals surface area contributed by atoms with Crippen LogP contribution in [0.15, 0.2) is 9.59 Å². The van der Waals surface area contributed by atoms with Gasteiger partial charge in [0.1, 0.15) is 11.5 Å². The van der Waals surface area contributed by atoms with Crippen molar-refractivity contribution in [3.05, 3.63) is 20.8 Å². The van der Waals surface area contributed by atoms with Gasteiger partial charge in [-0.05, 0) is 5.92 Å². The van der Waals surface area contributed by atoms with Gasteiger partial charge in [0.25, 0.3) is 5.56 Å². The molecule has 2 rings (SSSR count). The van der Waals surface area contributed by atoms with Crippen molar-refractivity contribution in [2.75, 3.05) is 30.3 Å². The van der Waals surface area contributed by atoms with E-state index in [0.29, 0.717) is 25.3 Å². The third kappa shape index (κ3) is 2.33. The maximum Gasteiger partial charge on any atom is 0.332 e. The van der Waals surface area contributed by atoms with E-state index in [1.807, 2.05) is 18.7 Å². The van der Waals surface area contributed by atoms with Crippen molar-refractivity contribution < 1.29 is 5.11 Å². The maximum absolute atomic E-state index is 12.2. The zero-order valence-corrected chi connectivity index (χ0v) is 12.2. The number of aromatic nitrogens is 2. The van der Waals surface area contributed by atoms with Crippen LogP contribution in [0.3, 0.4) is 0 Å². The Kier molecular flexibility index (Phi) is 3.89. The molecule has 0 atom stereocenters. The van der Waals surface area contributed by atoms with Crippen LogP contribution < -0.4 is 21.9 Å². The van der Waals surface area contributed by atoms with E-state index in [9.17, 15) is 9.59 Å².